The van der Waals surface area contributed by atoms with Crippen molar-refractivity contribution in [3.05, 3.63) is 21.1 Å². The molecule has 8 heteroatoms. The fraction of sp³-hybridized carbons (Fsp3) is 0. The third-order valence-electron chi connectivity index (χ3n) is 1.23. The van der Waals surface area contributed by atoms with Crippen LogP contribution in [0.5, 0.6) is 0 Å². The van der Waals surface area contributed by atoms with Crippen LogP contribution >= 0.6 is 53.6 Å². The molecular formula is C6H5Cl5N2Pt. The molecule has 1 aromatic carbocycles. The Balaban J connectivity index is 0.000000500. The summed E-state index contributed by atoms with van der Waals surface area (Å²) in [5.74, 6) is 0. The summed E-state index contributed by atoms with van der Waals surface area (Å²) in [6.45, 7) is 0. The average molecular weight is 477 g/mol. The van der Waals surface area contributed by atoms with Crippen LogP contribution in [0.25, 0.3) is 0 Å². The fourth-order valence-electron chi connectivity index (χ4n) is 0.627. The topological polar surface area (TPSA) is 52.0 Å². The predicted molar refractivity (Wildman–Crippen MR) is 62.0 cm³/mol. The van der Waals surface area contributed by atoms with E-state index >= 15 is 0 Å². The van der Waals surface area contributed by atoms with Crippen molar-refractivity contribution < 1.29 is 16.5 Å². The van der Waals surface area contributed by atoms with Gasteiger partial charge in [0.1, 0.15) is 0 Å². The number of hydrogen-bond donors (Lipinski definition) is 2. The van der Waals surface area contributed by atoms with Crippen LogP contribution in [0.1, 0.15) is 0 Å². The van der Waals surface area contributed by atoms with Gasteiger partial charge >= 0.3 is 35.3 Å². The number of halogens is 5. The molecule has 0 spiro atoms. The van der Waals surface area contributed by atoms with E-state index in [1.165, 1.54) is 6.07 Å². The molecular weight excluding hydrogens is 472 g/mol. The molecule has 4 N–H and O–H groups in total. The molecule has 0 saturated carbocycles. The van der Waals surface area contributed by atoms with Crippen molar-refractivity contribution in [2.75, 3.05) is 11.5 Å². The van der Waals surface area contributed by atoms with Crippen LogP contribution < -0.4 is 11.5 Å². The Kier molecular flexibility index (Phi) is 7.77. The summed E-state index contributed by atoms with van der Waals surface area (Å²) >= 11 is 16.5. The van der Waals surface area contributed by atoms with Gasteiger partial charge < -0.3 is 11.5 Å². The zero-order valence-corrected chi connectivity index (χ0v) is 12.5. The van der Waals surface area contributed by atoms with Crippen LogP contribution in [0, 0.1) is 0 Å². The van der Waals surface area contributed by atoms with Gasteiger partial charge in [-0.2, -0.15) is 0 Å². The molecule has 1 rings (SSSR count). The van der Waals surface area contributed by atoms with Gasteiger partial charge in [0.25, 0.3) is 0 Å². The Morgan fingerprint density at radius 1 is 1.00 bits per heavy atom. The second-order valence-corrected chi connectivity index (χ2v) is 6.48. The summed E-state index contributed by atoms with van der Waals surface area (Å²) < 4.78 is 0. The van der Waals surface area contributed by atoms with Crippen LogP contribution in [-0.4, -0.2) is 0 Å². The van der Waals surface area contributed by atoms with E-state index < -0.39 is 16.5 Å². The van der Waals surface area contributed by atoms with Crippen LogP contribution in [0.15, 0.2) is 6.07 Å². The number of nitrogen functional groups attached to an aromatic ring is 2. The number of anilines is 2. The van der Waals surface area contributed by atoms with E-state index in [0.29, 0.717) is 10.7 Å². The standard InChI is InChI=1S/C6H5Cl3N2.2ClH.Pt/c7-2-1-3(10)6(11)5(9)4(2)8;;;/h1H,10-11H2;2*1H;/q;;;+2/p-2. The Morgan fingerprint density at radius 3 is 1.86 bits per heavy atom. The second kappa shape index (κ2) is 7.27. The normalized spacial score (nSPS) is 9.50. The minimum atomic E-state index is -0.472. The van der Waals surface area contributed by atoms with E-state index in [-0.39, 0.29) is 15.7 Å². The molecule has 0 aliphatic carbocycles. The maximum atomic E-state index is 5.67. The van der Waals surface area contributed by atoms with Crippen LogP contribution in [0.4, 0.5) is 11.4 Å². The van der Waals surface area contributed by atoms with Crippen LogP contribution in [0.3, 0.4) is 0 Å². The second-order valence-electron chi connectivity index (χ2n) is 2.03. The van der Waals surface area contributed by atoms with Crippen molar-refractivity contribution in [3.8, 4) is 0 Å². The molecule has 14 heavy (non-hydrogen) atoms. The Labute approximate surface area is 113 Å². The molecule has 1 aromatic rings. The number of hydrogen-bond acceptors (Lipinski definition) is 2. The molecule has 0 aliphatic rings. The van der Waals surface area contributed by atoms with E-state index in [2.05, 4.69) is 0 Å². The van der Waals surface area contributed by atoms with Crippen LogP contribution in [0.2, 0.25) is 15.1 Å². The van der Waals surface area contributed by atoms with Gasteiger partial charge in [0.15, 0.2) is 0 Å². The molecule has 84 valence electrons. The molecule has 0 unspecified atom stereocenters. The zero-order valence-electron chi connectivity index (χ0n) is 6.44. The van der Waals surface area contributed by atoms with Gasteiger partial charge in [-0.1, -0.05) is 34.8 Å². The third-order valence-corrected chi connectivity index (χ3v) is 2.51. The van der Waals surface area contributed by atoms with Crippen LogP contribution in [-0.2, 0) is 16.5 Å². The molecule has 0 fully saturated rings. The third kappa shape index (κ3) is 4.22. The molecule has 2 nitrogen and oxygen atoms in total. The van der Waals surface area contributed by atoms with E-state index in [9.17, 15) is 0 Å². The molecule has 0 bridgehead atoms. The summed E-state index contributed by atoms with van der Waals surface area (Å²) in [5, 5.41) is 0.750. The van der Waals surface area contributed by atoms with E-state index in [4.69, 9.17) is 65.1 Å². The minimum absolute atomic E-state index is 0.205. The van der Waals surface area contributed by atoms with Gasteiger partial charge in [0.2, 0.25) is 0 Å². The van der Waals surface area contributed by atoms with Crippen molar-refractivity contribution in [3.63, 3.8) is 0 Å². The molecule has 0 saturated heterocycles. The first-order chi connectivity index (χ1) is 6.45. The Hall–Kier alpha value is 0.958. The fourth-order valence-corrected chi connectivity index (χ4v) is 1.26. The summed E-state index contributed by atoms with van der Waals surface area (Å²) in [4.78, 5) is 0. The van der Waals surface area contributed by atoms with Crippen molar-refractivity contribution >= 4 is 65.0 Å². The maximum absolute atomic E-state index is 5.67. The van der Waals surface area contributed by atoms with Gasteiger partial charge in [-0.3, -0.25) is 0 Å². The first-order valence-corrected chi connectivity index (χ1v) is 9.73. The summed E-state index contributed by atoms with van der Waals surface area (Å²) in [6.07, 6.45) is 0. The summed E-state index contributed by atoms with van der Waals surface area (Å²) in [5.41, 5.74) is 11.5. The number of nitrogens with two attached hydrogens (primary N) is 2. The van der Waals surface area contributed by atoms with Gasteiger partial charge in [-0.15, -0.1) is 0 Å². The van der Waals surface area contributed by atoms with E-state index in [1.54, 1.807) is 0 Å². The summed E-state index contributed by atoms with van der Waals surface area (Å²) in [7, 11) is 9.75. The average Bonchev–Trinajstić information content (AvgIpc) is 2.13. The molecule has 0 aromatic heterocycles. The zero-order chi connectivity index (χ0) is 11.3. The SMILES string of the molecule is Nc1cc(Cl)c(Cl)c(Cl)c1N.[Cl][Pt][Cl]. The van der Waals surface area contributed by atoms with Gasteiger partial charge in [0.05, 0.1) is 26.4 Å². The summed E-state index contributed by atoms with van der Waals surface area (Å²) in [6, 6.07) is 1.46. The van der Waals surface area contributed by atoms with Crippen molar-refractivity contribution in [1.82, 2.24) is 0 Å². The van der Waals surface area contributed by atoms with Gasteiger partial charge in [-0.25, -0.2) is 0 Å². The first kappa shape index (κ1) is 15.0. The predicted octanol–water partition coefficient (Wildman–Crippen LogP) is 4.19. The number of benzene rings is 1. The van der Waals surface area contributed by atoms with Crippen molar-refractivity contribution in [2.24, 2.45) is 0 Å². The van der Waals surface area contributed by atoms with Crippen molar-refractivity contribution in [1.29, 1.82) is 0 Å². The molecule has 0 aliphatic heterocycles. The quantitative estimate of drug-likeness (QED) is 0.435. The molecule has 0 amide bonds. The van der Waals surface area contributed by atoms with Gasteiger partial charge in [-0.05, 0) is 6.07 Å². The monoisotopic (exact) mass is 475 g/mol. The van der Waals surface area contributed by atoms with Crippen molar-refractivity contribution in [2.45, 2.75) is 0 Å². The molecule has 0 atom stereocenters. The Morgan fingerprint density at radius 2 is 1.43 bits per heavy atom. The van der Waals surface area contributed by atoms with E-state index in [0.717, 1.165) is 0 Å². The van der Waals surface area contributed by atoms with Gasteiger partial charge in [0, 0.05) is 0 Å². The first-order valence-electron chi connectivity index (χ1n) is 2.96. The van der Waals surface area contributed by atoms with E-state index in [1.807, 2.05) is 0 Å². The molecule has 0 radical (unpaired) electrons. The number of rotatable bonds is 0. The molecule has 0 heterocycles. The Bertz CT molecular complexity index is 293.